The predicted octanol–water partition coefficient (Wildman–Crippen LogP) is 5.37. The molecule has 2 N–H and O–H groups in total. The normalized spacial score (nSPS) is 15.5. The Bertz CT molecular complexity index is 1310. The summed E-state index contributed by atoms with van der Waals surface area (Å²) in [4.78, 5) is 51.0. The van der Waals surface area contributed by atoms with E-state index in [1.807, 2.05) is 0 Å². The van der Waals surface area contributed by atoms with Gasteiger partial charge in [-0.15, -0.1) is 11.8 Å². The molecule has 1 unspecified atom stereocenters. The molecule has 0 saturated carbocycles. The molecule has 4 rings (SSSR count). The van der Waals surface area contributed by atoms with Gasteiger partial charge in [0.2, 0.25) is 11.8 Å². The third-order valence-electron chi connectivity index (χ3n) is 5.06. The summed E-state index contributed by atoms with van der Waals surface area (Å²) < 4.78 is 0. The van der Waals surface area contributed by atoms with Gasteiger partial charge in [0.15, 0.2) is 0 Å². The van der Waals surface area contributed by atoms with Crippen LogP contribution in [0.15, 0.2) is 71.6 Å². The van der Waals surface area contributed by atoms with Gasteiger partial charge in [0, 0.05) is 17.0 Å². The molecule has 0 radical (unpaired) electrons. The number of thioether (sulfide) groups is 1. The molecule has 0 aliphatic carbocycles. The van der Waals surface area contributed by atoms with Crippen LogP contribution >= 0.6 is 35.0 Å². The standard InChI is InChI=1S/C24H16Cl2N2O5S/c25-18-10-7-14(11-19(18)26)28-21(29)12-20(23(28)31)34-15-8-5-13(6-9-15)27-22(30)16-3-1-2-4-17(16)24(32)33/h1-11,20H,12H2,(H,27,30)(H,32,33). The smallest absolute Gasteiger partial charge is 0.336 e. The van der Waals surface area contributed by atoms with Crippen LogP contribution in [0.4, 0.5) is 11.4 Å². The van der Waals surface area contributed by atoms with Crippen LogP contribution in [0.2, 0.25) is 10.0 Å². The average Bonchev–Trinajstić information content (AvgIpc) is 3.09. The van der Waals surface area contributed by atoms with E-state index in [0.717, 1.165) is 9.80 Å². The van der Waals surface area contributed by atoms with Crippen molar-refractivity contribution >= 4 is 70.0 Å². The predicted molar refractivity (Wildman–Crippen MR) is 131 cm³/mol. The highest BCUT2D eigenvalue weighted by molar-refractivity contribution is 8.00. The fourth-order valence-electron chi connectivity index (χ4n) is 3.44. The van der Waals surface area contributed by atoms with E-state index in [1.54, 1.807) is 42.5 Å². The Morgan fingerprint density at radius 2 is 1.62 bits per heavy atom. The second-order valence-electron chi connectivity index (χ2n) is 7.31. The summed E-state index contributed by atoms with van der Waals surface area (Å²) >= 11 is 13.2. The summed E-state index contributed by atoms with van der Waals surface area (Å²) in [6.45, 7) is 0. The lowest BCUT2D eigenvalue weighted by molar-refractivity contribution is -0.121. The van der Waals surface area contributed by atoms with Crippen LogP contribution in [-0.4, -0.2) is 34.0 Å². The topological polar surface area (TPSA) is 104 Å². The number of carbonyl (C=O) groups is 4. The van der Waals surface area contributed by atoms with Crippen molar-refractivity contribution < 1.29 is 24.3 Å². The number of imide groups is 1. The lowest BCUT2D eigenvalue weighted by Gasteiger charge is -2.15. The van der Waals surface area contributed by atoms with Crippen molar-refractivity contribution in [1.82, 2.24) is 0 Å². The maximum absolute atomic E-state index is 12.9. The fraction of sp³-hybridized carbons (Fsp3) is 0.0833. The minimum Gasteiger partial charge on any atom is -0.478 e. The van der Waals surface area contributed by atoms with E-state index in [2.05, 4.69) is 5.32 Å². The van der Waals surface area contributed by atoms with E-state index in [0.29, 0.717) is 16.4 Å². The van der Waals surface area contributed by atoms with E-state index < -0.39 is 17.1 Å². The number of carbonyl (C=O) groups excluding carboxylic acids is 3. The summed E-state index contributed by atoms with van der Waals surface area (Å²) in [5.41, 5.74) is 0.780. The first-order chi connectivity index (χ1) is 16.2. The second-order valence-corrected chi connectivity index (χ2v) is 9.40. The van der Waals surface area contributed by atoms with Gasteiger partial charge in [-0.3, -0.25) is 14.4 Å². The number of carboxylic acid groups (broad SMARTS) is 1. The maximum Gasteiger partial charge on any atom is 0.336 e. The average molecular weight is 515 g/mol. The highest BCUT2D eigenvalue weighted by Gasteiger charge is 2.40. The lowest BCUT2D eigenvalue weighted by Crippen LogP contribution is -2.31. The van der Waals surface area contributed by atoms with E-state index >= 15 is 0 Å². The summed E-state index contributed by atoms with van der Waals surface area (Å²) in [6, 6.07) is 17.2. The zero-order valence-corrected chi connectivity index (χ0v) is 19.7. The lowest BCUT2D eigenvalue weighted by atomic mass is 10.1. The molecule has 3 aromatic carbocycles. The zero-order chi connectivity index (χ0) is 24.4. The summed E-state index contributed by atoms with van der Waals surface area (Å²) in [7, 11) is 0. The van der Waals surface area contributed by atoms with Crippen molar-refractivity contribution in [2.45, 2.75) is 16.6 Å². The number of hydrogen-bond acceptors (Lipinski definition) is 5. The highest BCUT2D eigenvalue weighted by Crippen LogP contribution is 2.36. The number of nitrogens with one attached hydrogen (secondary N) is 1. The van der Waals surface area contributed by atoms with Crippen LogP contribution in [0, 0.1) is 0 Å². The van der Waals surface area contributed by atoms with Gasteiger partial charge >= 0.3 is 5.97 Å². The number of halogens is 2. The minimum absolute atomic E-state index is 0.0359. The van der Waals surface area contributed by atoms with Gasteiger partial charge in [0.05, 0.1) is 32.1 Å². The van der Waals surface area contributed by atoms with Crippen molar-refractivity contribution in [2.24, 2.45) is 0 Å². The van der Waals surface area contributed by atoms with Gasteiger partial charge in [-0.25, -0.2) is 9.69 Å². The minimum atomic E-state index is -1.19. The van der Waals surface area contributed by atoms with Crippen molar-refractivity contribution in [3.05, 3.63) is 87.9 Å². The van der Waals surface area contributed by atoms with E-state index in [1.165, 1.54) is 36.0 Å². The Kier molecular flexibility index (Phi) is 6.92. The van der Waals surface area contributed by atoms with Crippen molar-refractivity contribution in [2.75, 3.05) is 10.2 Å². The van der Waals surface area contributed by atoms with Crippen LogP contribution in [-0.2, 0) is 9.59 Å². The molecule has 0 spiro atoms. The molecular formula is C24H16Cl2N2O5S. The molecule has 7 nitrogen and oxygen atoms in total. The van der Waals surface area contributed by atoms with Crippen LogP contribution in [0.5, 0.6) is 0 Å². The molecule has 1 atom stereocenters. The Labute approximate surface area is 208 Å². The van der Waals surface area contributed by atoms with Crippen LogP contribution in [0.1, 0.15) is 27.1 Å². The van der Waals surface area contributed by atoms with Crippen molar-refractivity contribution in [3.8, 4) is 0 Å². The van der Waals surface area contributed by atoms with Crippen LogP contribution in [0.3, 0.4) is 0 Å². The van der Waals surface area contributed by atoms with Gasteiger partial charge in [0.25, 0.3) is 5.91 Å². The molecule has 1 aliphatic heterocycles. The molecule has 34 heavy (non-hydrogen) atoms. The van der Waals surface area contributed by atoms with Gasteiger partial charge in [0.1, 0.15) is 0 Å². The summed E-state index contributed by atoms with van der Waals surface area (Å²) in [5.74, 6) is -2.42. The first-order valence-corrected chi connectivity index (χ1v) is 11.6. The number of anilines is 2. The van der Waals surface area contributed by atoms with Gasteiger partial charge in [-0.1, -0.05) is 35.3 Å². The van der Waals surface area contributed by atoms with Gasteiger partial charge < -0.3 is 10.4 Å². The number of benzene rings is 3. The summed E-state index contributed by atoms with van der Waals surface area (Å²) in [5, 5.41) is 11.9. The number of nitrogens with zero attached hydrogens (tertiary/aromatic N) is 1. The molecule has 1 heterocycles. The Morgan fingerprint density at radius 3 is 2.26 bits per heavy atom. The molecule has 172 valence electrons. The van der Waals surface area contributed by atoms with E-state index in [9.17, 15) is 24.3 Å². The van der Waals surface area contributed by atoms with Gasteiger partial charge in [-0.05, 0) is 54.6 Å². The van der Waals surface area contributed by atoms with Gasteiger partial charge in [-0.2, -0.15) is 0 Å². The van der Waals surface area contributed by atoms with E-state index in [-0.39, 0.29) is 34.4 Å². The molecule has 3 aromatic rings. The van der Waals surface area contributed by atoms with Crippen molar-refractivity contribution in [3.63, 3.8) is 0 Å². The zero-order valence-electron chi connectivity index (χ0n) is 17.3. The first kappa shape index (κ1) is 23.8. The molecular weight excluding hydrogens is 499 g/mol. The monoisotopic (exact) mass is 514 g/mol. The number of rotatable bonds is 6. The largest absolute Gasteiger partial charge is 0.478 e. The number of aromatic carboxylic acids is 1. The Balaban J connectivity index is 1.43. The number of hydrogen-bond donors (Lipinski definition) is 2. The first-order valence-electron chi connectivity index (χ1n) is 9.97. The molecule has 0 aromatic heterocycles. The molecule has 1 fully saturated rings. The van der Waals surface area contributed by atoms with Crippen LogP contribution in [0.25, 0.3) is 0 Å². The molecule has 10 heteroatoms. The number of amides is 3. The summed E-state index contributed by atoms with van der Waals surface area (Å²) in [6.07, 6.45) is 0.0359. The highest BCUT2D eigenvalue weighted by atomic mass is 35.5. The Morgan fingerprint density at radius 1 is 0.941 bits per heavy atom. The quantitative estimate of drug-likeness (QED) is 0.428. The molecule has 0 bridgehead atoms. The molecule has 3 amide bonds. The van der Waals surface area contributed by atoms with Crippen molar-refractivity contribution in [1.29, 1.82) is 0 Å². The van der Waals surface area contributed by atoms with Crippen LogP contribution < -0.4 is 10.2 Å². The molecule has 1 aliphatic rings. The maximum atomic E-state index is 12.9. The Hall–Kier alpha value is -3.33. The number of carboxylic acids is 1. The third-order valence-corrected chi connectivity index (χ3v) is 7.00. The SMILES string of the molecule is O=C(O)c1ccccc1C(=O)Nc1ccc(SC2CC(=O)N(c3ccc(Cl)c(Cl)c3)C2=O)cc1. The molecule has 1 saturated heterocycles. The fourth-order valence-corrected chi connectivity index (χ4v) is 4.78. The third kappa shape index (κ3) is 4.94. The second kappa shape index (κ2) is 9.89. The van der Waals surface area contributed by atoms with E-state index in [4.69, 9.17) is 23.2 Å².